The van der Waals surface area contributed by atoms with Crippen LogP contribution in [0.5, 0.6) is 0 Å². The lowest BCUT2D eigenvalue weighted by atomic mass is 9.92. The van der Waals surface area contributed by atoms with Gasteiger partial charge in [-0.2, -0.15) is 0 Å². The first-order valence-corrected chi connectivity index (χ1v) is 12.7. The number of benzene rings is 1. The predicted molar refractivity (Wildman–Crippen MR) is 138 cm³/mol. The van der Waals surface area contributed by atoms with Gasteiger partial charge in [0.2, 0.25) is 17.7 Å². The van der Waals surface area contributed by atoms with Crippen molar-refractivity contribution in [2.75, 3.05) is 7.05 Å². The van der Waals surface area contributed by atoms with Crippen LogP contribution in [0.15, 0.2) is 18.2 Å². The van der Waals surface area contributed by atoms with Crippen LogP contribution in [0.4, 0.5) is 4.79 Å². The Balaban J connectivity index is 2.38. The summed E-state index contributed by atoms with van der Waals surface area (Å²) < 4.78 is 5.32. The topological polar surface area (TPSA) is 131 Å². The lowest BCUT2D eigenvalue weighted by molar-refractivity contribution is -0.141. The fourth-order valence-corrected chi connectivity index (χ4v) is 4.65. The van der Waals surface area contributed by atoms with Crippen molar-refractivity contribution in [3.63, 3.8) is 0 Å². The largest absolute Gasteiger partial charge is 0.444 e. The van der Waals surface area contributed by atoms with Gasteiger partial charge in [-0.05, 0) is 70.6 Å². The molecule has 0 spiro atoms. The lowest BCUT2D eigenvalue weighted by Gasteiger charge is -2.34. The number of primary amides is 1. The number of alkyl carbamates (subject to hydrolysis) is 1. The molecule has 0 heterocycles. The summed E-state index contributed by atoms with van der Waals surface area (Å²) in [6.07, 6.45) is 4.18. The van der Waals surface area contributed by atoms with E-state index >= 15 is 0 Å². The molecule has 9 nitrogen and oxygen atoms in total. The van der Waals surface area contributed by atoms with Crippen LogP contribution in [0.3, 0.4) is 0 Å². The number of likely N-dealkylation sites (N-methyl/N-ethyl adjacent to an activating group) is 1. The highest BCUT2D eigenvalue weighted by atomic mass is 16.6. The van der Waals surface area contributed by atoms with Crippen molar-refractivity contribution in [2.45, 2.75) is 103 Å². The van der Waals surface area contributed by atoms with Crippen molar-refractivity contribution in [1.29, 1.82) is 0 Å². The molecule has 1 fully saturated rings. The Bertz CT molecular complexity index is 930. The van der Waals surface area contributed by atoms with Crippen LogP contribution in [0, 0.1) is 13.8 Å². The van der Waals surface area contributed by atoms with Crippen molar-refractivity contribution < 1.29 is 23.9 Å². The number of rotatable bonds is 9. The Labute approximate surface area is 214 Å². The molecular formula is C27H42N4O5. The molecule has 0 aliphatic heterocycles. The van der Waals surface area contributed by atoms with Gasteiger partial charge in [-0.1, -0.05) is 37.5 Å². The number of nitrogens with one attached hydrogen (secondary N) is 2. The summed E-state index contributed by atoms with van der Waals surface area (Å²) in [6, 6.07) is 3.79. The highest BCUT2D eigenvalue weighted by molar-refractivity contribution is 5.92. The summed E-state index contributed by atoms with van der Waals surface area (Å²) in [5, 5.41) is 5.72. The van der Waals surface area contributed by atoms with E-state index in [9.17, 15) is 19.2 Å². The van der Waals surface area contributed by atoms with Crippen molar-refractivity contribution in [3.05, 3.63) is 34.9 Å². The third-order valence-corrected chi connectivity index (χ3v) is 6.42. The minimum atomic E-state index is -1.09. The maximum absolute atomic E-state index is 13.7. The molecule has 4 amide bonds. The second kappa shape index (κ2) is 12.7. The molecule has 1 aliphatic carbocycles. The molecule has 1 aliphatic rings. The maximum atomic E-state index is 13.7. The number of carbonyl (C=O) groups is 4. The number of nitrogens with two attached hydrogens (primary N) is 1. The number of amides is 4. The normalized spacial score (nSPS) is 15.9. The molecule has 1 aromatic carbocycles. The van der Waals surface area contributed by atoms with Gasteiger partial charge in [-0.3, -0.25) is 14.4 Å². The number of aryl methyl sites for hydroxylation is 2. The van der Waals surface area contributed by atoms with Gasteiger partial charge in [0, 0.05) is 19.5 Å². The van der Waals surface area contributed by atoms with E-state index in [0.29, 0.717) is 0 Å². The summed E-state index contributed by atoms with van der Waals surface area (Å²) in [6.45, 7) is 8.96. The molecule has 2 atom stereocenters. The molecule has 0 saturated heterocycles. The molecule has 2 unspecified atom stereocenters. The van der Waals surface area contributed by atoms with Gasteiger partial charge in [0.05, 0.1) is 0 Å². The highest BCUT2D eigenvalue weighted by Gasteiger charge is 2.36. The second-order valence-corrected chi connectivity index (χ2v) is 10.7. The molecule has 9 heteroatoms. The monoisotopic (exact) mass is 502 g/mol. The molecule has 0 bridgehead atoms. The third kappa shape index (κ3) is 8.53. The molecule has 0 aromatic heterocycles. The molecule has 2 rings (SSSR count). The second-order valence-electron chi connectivity index (χ2n) is 10.7. The molecule has 36 heavy (non-hydrogen) atoms. The maximum Gasteiger partial charge on any atom is 0.408 e. The minimum Gasteiger partial charge on any atom is -0.444 e. The number of hydrogen-bond acceptors (Lipinski definition) is 5. The number of hydrogen-bond donors (Lipinski definition) is 3. The van der Waals surface area contributed by atoms with Gasteiger partial charge < -0.3 is 26.0 Å². The van der Waals surface area contributed by atoms with Gasteiger partial charge in [0.25, 0.3) is 0 Å². The third-order valence-electron chi connectivity index (χ3n) is 6.42. The highest BCUT2D eigenvalue weighted by Crippen LogP contribution is 2.29. The van der Waals surface area contributed by atoms with Gasteiger partial charge in [0.1, 0.15) is 17.7 Å². The molecule has 1 saturated carbocycles. The molecular weight excluding hydrogens is 460 g/mol. The number of carbonyl (C=O) groups excluding carboxylic acids is 4. The first kappa shape index (κ1) is 29.1. The van der Waals surface area contributed by atoms with E-state index in [0.717, 1.165) is 48.8 Å². The van der Waals surface area contributed by atoms with E-state index in [2.05, 4.69) is 10.6 Å². The minimum absolute atomic E-state index is 0.0124. The Morgan fingerprint density at radius 2 is 1.67 bits per heavy atom. The molecule has 1 aromatic rings. The predicted octanol–water partition coefficient (Wildman–Crippen LogP) is 3.41. The summed E-state index contributed by atoms with van der Waals surface area (Å²) in [5.74, 6) is -1.36. The zero-order valence-electron chi connectivity index (χ0n) is 22.5. The molecule has 4 N–H and O–H groups in total. The molecule has 200 valence electrons. The first-order valence-electron chi connectivity index (χ1n) is 12.7. The van der Waals surface area contributed by atoms with Gasteiger partial charge >= 0.3 is 6.09 Å². The standard InChI is InChI=1S/C27H42N4O5/c1-17-11-10-12-18(2)22(17)23(24(33)29-19-13-8-7-9-14-19)31(6)25(34)20(15-16-21(28)32)30-26(35)36-27(3,4)5/h10-12,19-20,23H,7-9,13-16H2,1-6H3,(H2,28,32)(H,29,33)(H,30,35). The van der Waals surface area contributed by atoms with Crippen LogP contribution in [-0.2, 0) is 19.1 Å². The van der Waals surface area contributed by atoms with E-state index in [1.165, 1.54) is 4.90 Å². The van der Waals surface area contributed by atoms with Gasteiger partial charge in [0.15, 0.2) is 0 Å². The van der Waals surface area contributed by atoms with Crippen molar-refractivity contribution in [3.8, 4) is 0 Å². The fourth-order valence-electron chi connectivity index (χ4n) is 4.65. The Hall–Kier alpha value is -3.10. The van der Waals surface area contributed by atoms with Gasteiger partial charge in [-0.15, -0.1) is 0 Å². The van der Waals surface area contributed by atoms with Crippen LogP contribution in [-0.4, -0.2) is 53.4 Å². The number of ether oxygens (including phenoxy) is 1. The smallest absolute Gasteiger partial charge is 0.408 e. The fraction of sp³-hybridized carbons (Fsp3) is 0.630. The van der Waals surface area contributed by atoms with E-state index in [-0.39, 0.29) is 24.8 Å². The van der Waals surface area contributed by atoms with E-state index in [4.69, 9.17) is 10.5 Å². The lowest BCUT2D eigenvalue weighted by Crippen LogP contribution is -2.53. The zero-order chi connectivity index (χ0) is 27.0. The van der Waals surface area contributed by atoms with Crippen molar-refractivity contribution in [1.82, 2.24) is 15.5 Å². The quantitative estimate of drug-likeness (QED) is 0.476. The van der Waals surface area contributed by atoms with E-state index < -0.39 is 35.6 Å². The molecule has 0 radical (unpaired) electrons. The van der Waals surface area contributed by atoms with Crippen LogP contribution in [0.25, 0.3) is 0 Å². The van der Waals surface area contributed by atoms with Gasteiger partial charge in [-0.25, -0.2) is 4.79 Å². The Morgan fingerprint density at radius 3 is 2.19 bits per heavy atom. The van der Waals surface area contributed by atoms with E-state index in [1.807, 2.05) is 32.0 Å². The average Bonchev–Trinajstić information content (AvgIpc) is 2.77. The number of nitrogens with zero attached hydrogens (tertiary/aromatic N) is 1. The Kier molecular flexibility index (Phi) is 10.3. The average molecular weight is 503 g/mol. The summed E-state index contributed by atoms with van der Waals surface area (Å²) >= 11 is 0. The first-order chi connectivity index (χ1) is 16.8. The van der Waals surface area contributed by atoms with Crippen LogP contribution >= 0.6 is 0 Å². The van der Waals surface area contributed by atoms with Crippen molar-refractivity contribution >= 4 is 23.8 Å². The Morgan fingerprint density at radius 1 is 1.08 bits per heavy atom. The van der Waals surface area contributed by atoms with Crippen LogP contribution in [0.1, 0.15) is 88.4 Å². The zero-order valence-corrected chi connectivity index (χ0v) is 22.5. The summed E-state index contributed by atoms with van der Waals surface area (Å²) in [7, 11) is 1.55. The summed E-state index contributed by atoms with van der Waals surface area (Å²) in [4.78, 5) is 52.7. The van der Waals surface area contributed by atoms with Crippen LogP contribution in [0.2, 0.25) is 0 Å². The van der Waals surface area contributed by atoms with E-state index in [1.54, 1.807) is 27.8 Å². The summed E-state index contributed by atoms with van der Waals surface area (Å²) in [5.41, 5.74) is 7.06. The van der Waals surface area contributed by atoms with Crippen molar-refractivity contribution in [2.24, 2.45) is 5.73 Å². The van der Waals surface area contributed by atoms with Crippen LogP contribution < -0.4 is 16.4 Å². The SMILES string of the molecule is Cc1cccc(C)c1C(C(=O)NC1CCCCC1)N(C)C(=O)C(CCC(N)=O)NC(=O)OC(C)(C)C.